The van der Waals surface area contributed by atoms with E-state index in [2.05, 4.69) is 9.97 Å². The number of methoxy groups -OCH3 is 1. The molecule has 8 nitrogen and oxygen atoms in total. The van der Waals surface area contributed by atoms with E-state index in [1.54, 1.807) is 37.5 Å². The van der Waals surface area contributed by atoms with Gasteiger partial charge in [0.05, 0.1) is 26.8 Å². The Morgan fingerprint density at radius 3 is 2.67 bits per heavy atom. The monoisotopic (exact) mass is 372 g/mol. The second-order valence-electron chi connectivity index (χ2n) is 6.14. The third-order valence-corrected chi connectivity index (χ3v) is 4.31. The highest BCUT2D eigenvalue weighted by molar-refractivity contribution is 5.81. The van der Waals surface area contributed by atoms with Crippen molar-refractivity contribution in [2.75, 3.05) is 51.9 Å². The highest BCUT2D eigenvalue weighted by Crippen LogP contribution is 2.17. The third kappa shape index (κ3) is 5.07. The normalized spacial score (nSPS) is 16.7. The van der Waals surface area contributed by atoms with Crippen LogP contribution in [-0.2, 0) is 9.53 Å². The molecule has 2 aromatic rings. The van der Waals surface area contributed by atoms with Crippen LogP contribution in [0, 0.1) is 0 Å². The van der Waals surface area contributed by atoms with Gasteiger partial charge in [-0.3, -0.25) is 4.79 Å². The van der Waals surface area contributed by atoms with Crippen molar-refractivity contribution in [2.45, 2.75) is 6.10 Å². The van der Waals surface area contributed by atoms with Gasteiger partial charge in [-0.15, -0.1) is 0 Å². The first kappa shape index (κ1) is 18.9. The van der Waals surface area contributed by atoms with Crippen molar-refractivity contribution >= 4 is 11.9 Å². The zero-order valence-electron chi connectivity index (χ0n) is 15.6. The van der Waals surface area contributed by atoms with E-state index in [0.717, 1.165) is 11.5 Å². The molecular formula is C19H24N4O4. The first-order chi connectivity index (χ1) is 13.2. The molecule has 8 heteroatoms. The molecule has 1 aliphatic rings. The number of benzene rings is 1. The summed E-state index contributed by atoms with van der Waals surface area (Å²) in [6, 6.07) is 9.11. The lowest BCUT2D eigenvalue weighted by Gasteiger charge is -2.33. The Morgan fingerprint density at radius 2 is 1.96 bits per heavy atom. The van der Waals surface area contributed by atoms with Crippen molar-refractivity contribution in [3.05, 3.63) is 42.7 Å². The van der Waals surface area contributed by atoms with Gasteiger partial charge in [-0.25, -0.2) is 9.97 Å². The van der Waals surface area contributed by atoms with Gasteiger partial charge in [0.2, 0.25) is 5.95 Å². The average molecular weight is 372 g/mol. The van der Waals surface area contributed by atoms with Gasteiger partial charge >= 0.3 is 0 Å². The standard InChI is InChI=1S/C19H24N4O4/c1-22(10-12-26-16-6-4-15(25-2)5-7-16)18(24)17-14-23(11-13-27-17)19-20-8-3-9-21-19/h3-9,17H,10-14H2,1-2H3/t17-/m1/s1. The van der Waals surface area contributed by atoms with Crippen molar-refractivity contribution < 1.29 is 19.0 Å². The topological polar surface area (TPSA) is 77.0 Å². The number of likely N-dealkylation sites (N-methyl/N-ethyl adjacent to an activating group) is 1. The van der Waals surface area contributed by atoms with E-state index in [9.17, 15) is 4.79 Å². The second kappa shape index (κ2) is 9.18. The van der Waals surface area contributed by atoms with Gasteiger partial charge in [-0.2, -0.15) is 0 Å². The fourth-order valence-electron chi connectivity index (χ4n) is 2.76. The van der Waals surface area contributed by atoms with Crippen LogP contribution in [0.2, 0.25) is 0 Å². The highest BCUT2D eigenvalue weighted by Gasteiger charge is 2.29. The van der Waals surface area contributed by atoms with Gasteiger partial charge in [-0.1, -0.05) is 0 Å². The van der Waals surface area contributed by atoms with Crippen LogP contribution in [-0.4, -0.2) is 73.9 Å². The van der Waals surface area contributed by atoms with Crippen LogP contribution in [0.4, 0.5) is 5.95 Å². The molecule has 1 saturated heterocycles. The Labute approximate surface area is 158 Å². The summed E-state index contributed by atoms with van der Waals surface area (Å²) in [5.74, 6) is 2.05. The number of ether oxygens (including phenoxy) is 3. The summed E-state index contributed by atoms with van der Waals surface area (Å²) in [5, 5.41) is 0. The Morgan fingerprint density at radius 1 is 1.26 bits per heavy atom. The summed E-state index contributed by atoms with van der Waals surface area (Å²) in [7, 11) is 3.37. The first-order valence-corrected chi connectivity index (χ1v) is 8.83. The van der Waals surface area contributed by atoms with E-state index in [0.29, 0.717) is 38.8 Å². The minimum atomic E-state index is -0.534. The Kier molecular flexibility index (Phi) is 6.43. The Hall–Kier alpha value is -2.87. The molecule has 1 aromatic carbocycles. The lowest BCUT2D eigenvalue weighted by Crippen LogP contribution is -2.51. The molecule has 1 aromatic heterocycles. The lowest BCUT2D eigenvalue weighted by atomic mass is 10.2. The largest absolute Gasteiger partial charge is 0.497 e. The molecular weight excluding hydrogens is 348 g/mol. The van der Waals surface area contributed by atoms with Crippen molar-refractivity contribution in [1.82, 2.24) is 14.9 Å². The number of carbonyl (C=O) groups excluding carboxylic acids is 1. The van der Waals surface area contributed by atoms with Gasteiger partial charge in [0.15, 0.2) is 6.10 Å². The molecule has 0 radical (unpaired) electrons. The molecule has 1 atom stereocenters. The fourth-order valence-corrected chi connectivity index (χ4v) is 2.76. The summed E-state index contributed by atoms with van der Waals surface area (Å²) < 4.78 is 16.5. The molecule has 0 spiro atoms. The first-order valence-electron chi connectivity index (χ1n) is 8.83. The van der Waals surface area contributed by atoms with Crippen LogP contribution in [0.25, 0.3) is 0 Å². The number of nitrogens with zero attached hydrogens (tertiary/aromatic N) is 4. The van der Waals surface area contributed by atoms with Gasteiger partial charge in [0, 0.05) is 26.0 Å². The van der Waals surface area contributed by atoms with E-state index in [1.165, 1.54) is 0 Å². The number of hydrogen-bond acceptors (Lipinski definition) is 7. The summed E-state index contributed by atoms with van der Waals surface area (Å²) in [6.07, 6.45) is 2.85. The van der Waals surface area contributed by atoms with E-state index >= 15 is 0 Å². The lowest BCUT2D eigenvalue weighted by molar-refractivity contribution is -0.143. The minimum absolute atomic E-state index is 0.0750. The van der Waals surface area contributed by atoms with Crippen LogP contribution >= 0.6 is 0 Å². The minimum Gasteiger partial charge on any atom is -0.497 e. The van der Waals surface area contributed by atoms with Crippen LogP contribution < -0.4 is 14.4 Å². The molecule has 1 fully saturated rings. The fraction of sp³-hybridized carbons (Fsp3) is 0.421. The smallest absolute Gasteiger partial charge is 0.253 e. The number of amides is 1. The number of aromatic nitrogens is 2. The van der Waals surface area contributed by atoms with Crippen LogP contribution in [0.5, 0.6) is 11.5 Å². The summed E-state index contributed by atoms with van der Waals surface area (Å²) in [5.41, 5.74) is 0. The molecule has 3 rings (SSSR count). The predicted octanol–water partition coefficient (Wildman–Crippen LogP) is 1.23. The zero-order valence-corrected chi connectivity index (χ0v) is 15.6. The number of morpholine rings is 1. The summed E-state index contributed by atoms with van der Waals surface area (Å²) >= 11 is 0. The maximum atomic E-state index is 12.7. The molecule has 0 N–H and O–H groups in total. The molecule has 27 heavy (non-hydrogen) atoms. The average Bonchev–Trinajstić information content (AvgIpc) is 2.74. The van der Waals surface area contributed by atoms with Crippen molar-refractivity contribution in [1.29, 1.82) is 0 Å². The highest BCUT2D eigenvalue weighted by atomic mass is 16.5. The van der Waals surface area contributed by atoms with Gasteiger partial charge in [-0.05, 0) is 30.3 Å². The van der Waals surface area contributed by atoms with E-state index in [1.807, 2.05) is 29.2 Å². The van der Waals surface area contributed by atoms with Crippen LogP contribution in [0.1, 0.15) is 0 Å². The van der Waals surface area contributed by atoms with Crippen molar-refractivity contribution in [3.63, 3.8) is 0 Å². The number of anilines is 1. The molecule has 0 unspecified atom stereocenters. The van der Waals surface area contributed by atoms with Gasteiger partial charge in [0.25, 0.3) is 5.91 Å². The molecule has 0 bridgehead atoms. The predicted molar refractivity (Wildman–Crippen MR) is 100 cm³/mol. The molecule has 1 amide bonds. The van der Waals surface area contributed by atoms with E-state index < -0.39 is 6.10 Å². The van der Waals surface area contributed by atoms with Crippen LogP contribution in [0.15, 0.2) is 42.7 Å². The number of hydrogen-bond donors (Lipinski definition) is 0. The molecule has 1 aliphatic heterocycles. The number of rotatable bonds is 7. The zero-order chi connectivity index (χ0) is 19.1. The number of carbonyl (C=O) groups is 1. The quantitative estimate of drug-likeness (QED) is 0.723. The Balaban J connectivity index is 1.47. The Bertz CT molecular complexity index is 726. The van der Waals surface area contributed by atoms with Gasteiger partial charge in [0.1, 0.15) is 18.1 Å². The van der Waals surface area contributed by atoms with E-state index in [-0.39, 0.29) is 5.91 Å². The SMILES string of the molecule is COc1ccc(OCCN(C)C(=O)[C@H]2CN(c3ncccn3)CCO2)cc1. The summed E-state index contributed by atoms with van der Waals surface area (Å²) in [4.78, 5) is 24.7. The van der Waals surface area contributed by atoms with Crippen molar-refractivity contribution in [3.8, 4) is 11.5 Å². The molecule has 0 saturated carbocycles. The second-order valence-corrected chi connectivity index (χ2v) is 6.14. The van der Waals surface area contributed by atoms with Gasteiger partial charge < -0.3 is 24.0 Å². The van der Waals surface area contributed by atoms with Crippen LogP contribution in [0.3, 0.4) is 0 Å². The molecule has 144 valence electrons. The summed E-state index contributed by atoms with van der Waals surface area (Å²) in [6.45, 7) is 2.43. The van der Waals surface area contributed by atoms with Crippen molar-refractivity contribution in [2.24, 2.45) is 0 Å². The third-order valence-electron chi connectivity index (χ3n) is 4.31. The maximum absolute atomic E-state index is 12.7. The maximum Gasteiger partial charge on any atom is 0.253 e. The molecule has 2 heterocycles. The van der Waals surface area contributed by atoms with E-state index in [4.69, 9.17) is 14.2 Å². The molecule has 0 aliphatic carbocycles.